The molecule has 0 bridgehead atoms. The van der Waals surface area contributed by atoms with E-state index < -0.39 is 5.97 Å². The topological polar surface area (TPSA) is 79.1 Å². The van der Waals surface area contributed by atoms with Crippen LogP contribution in [0.1, 0.15) is 25.7 Å². The summed E-state index contributed by atoms with van der Waals surface area (Å²) in [4.78, 5) is 29.2. The minimum absolute atomic E-state index is 0.0177. The van der Waals surface area contributed by atoms with Crippen molar-refractivity contribution in [3.05, 3.63) is 16.9 Å². The molecule has 26 heavy (non-hydrogen) atoms. The Morgan fingerprint density at radius 2 is 1.81 bits per heavy atom. The molecule has 1 aromatic carbocycles. The number of hydrogen-bond acceptors (Lipinski definition) is 6. The fourth-order valence-corrected chi connectivity index (χ4v) is 4.23. The van der Waals surface area contributed by atoms with Crippen LogP contribution >= 0.6 is 11.3 Å². The minimum Gasteiger partial charge on any atom is -0.493 e. The molecule has 0 atom stereocenters. The van der Waals surface area contributed by atoms with Gasteiger partial charge in [-0.05, 0) is 12.8 Å². The average Bonchev–Trinajstić information content (AvgIpc) is 3.29. The average molecular weight is 378 g/mol. The lowest BCUT2D eigenvalue weighted by Gasteiger charge is -2.09. The van der Waals surface area contributed by atoms with Crippen molar-refractivity contribution in [2.75, 3.05) is 21.3 Å². The molecule has 3 rings (SSSR count). The normalized spacial score (nSPS) is 15.4. The van der Waals surface area contributed by atoms with Crippen LogP contribution in [0.25, 0.3) is 10.2 Å². The molecule has 0 aliphatic heterocycles. The number of hydrogen-bond donors (Lipinski definition) is 0. The number of carbonyl (C=O) groups excluding carboxylic acids is 2. The van der Waals surface area contributed by atoms with Gasteiger partial charge in [-0.25, -0.2) is 0 Å². The van der Waals surface area contributed by atoms with Crippen molar-refractivity contribution in [3.8, 4) is 11.5 Å². The number of aromatic nitrogens is 1. The smallest absolute Gasteiger partial charge is 0.325 e. The van der Waals surface area contributed by atoms with Crippen molar-refractivity contribution in [1.82, 2.24) is 4.57 Å². The first-order valence-corrected chi connectivity index (χ1v) is 9.29. The third kappa shape index (κ3) is 3.60. The first-order valence-electron chi connectivity index (χ1n) is 8.48. The van der Waals surface area contributed by atoms with E-state index in [4.69, 9.17) is 14.2 Å². The van der Waals surface area contributed by atoms with E-state index >= 15 is 0 Å². The zero-order valence-electron chi connectivity index (χ0n) is 15.1. The van der Waals surface area contributed by atoms with Gasteiger partial charge < -0.3 is 18.8 Å². The molecule has 1 heterocycles. The van der Waals surface area contributed by atoms with Gasteiger partial charge in [-0.1, -0.05) is 24.2 Å². The van der Waals surface area contributed by atoms with Gasteiger partial charge in [0.25, 0.3) is 5.91 Å². The molecule has 7 nitrogen and oxygen atoms in total. The molecule has 0 radical (unpaired) electrons. The highest BCUT2D eigenvalue weighted by molar-refractivity contribution is 7.16. The third-order valence-corrected chi connectivity index (χ3v) is 5.65. The van der Waals surface area contributed by atoms with Crippen molar-refractivity contribution in [2.45, 2.75) is 32.2 Å². The van der Waals surface area contributed by atoms with E-state index in [2.05, 4.69) is 4.99 Å². The molecular formula is C18H22N2O5S. The van der Waals surface area contributed by atoms with Gasteiger partial charge in [0.1, 0.15) is 6.54 Å². The number of ether oxygens (including phenoxy) is 3. The molecule has 0 saturated heterocycles. The predicted molar refractivity (Wildman–Crippen MR) is 97.5 cm³/mol. The molecule has 0 N–H and O–H groups in total. The maximum absolute atomic E-state index is 12.5. The lowest BCUT2D eigenvalue weighted by atomic mass is 10.1. The number of benzene rings is 1. The second-order valence-electron chi connectivity index (χ2n) is 6.15. The Kier molecular flexibility index (Phi) is 5.61. The summed E-state index contributed by atoms with van der Waals surface area (Å²) in [5.74, 6) is 0.585. The zero-order valence-corrected chi connectivity index (χ0v) is 15.9. The van der Waals surface area contributed by atoms with Gasteiger partial charge in [-0.3, -0.25) is 9.59 Å². The molecule has 1 fully saturated rings. The lowest BCUT2D eigenvalue weighted by Crippen LogP contribution is -2.23. The van der Waals surface area contributed by atoms with Crippen LogP contribution in [-0.2, 0) is 20.9 Å². The van der Waals surface area contributed by atoms with E-state index in [1.54, 1.807) is 24.9 Å². The third-order valence-electron chi connectivity index (χ3n) is 4.61. The molecule has 140 valence electrons. The largest absolute Gasteiger partial charge is 0.493 e. The van der Waals surface area contributed by atoms with Gasteiger partial charge >= 0.3 is 5.97 Å². The number of amides is 1. The maximum Gasteiger partial charge on any atom is 0.325 e. The first-order chi connectivity index (χ1) is 12.6. The van der Waals surface area contributed by atoms with Gasteiger partial charge in [0.15, 0.2) is 16.3 Å². The van der Waals surface area contributed by atoms with Crippen LogP contribution in [0.2, 0.25) is 0 Å². The number of methoxy groups -OCH3 is 3. The molecular weight excluding hydrogens is 356 g/mol. The van der Waals surface area contributed by atoms with Crippen molar-refractivity contribution in [2.24, 2.45) is 10.9 Å². The molecule has 2 aromatic rings. The van der Waals surface area contributed by atoms with E-state index in [-0.39, 0.29) is 18.4 Å². The van der Waals surface area contributed by atoms with Crippen LogP contribution in [0.5, 0.6) is 11.5 Å². The summed E-state index contributed by atoms with van der Waals surface area (Å²) in [7, 11) is 4.45. The van der Waals surface area contributed by atoms with Crippen molar-refractivity contribution >= 4 is 33.4 Å². The molecule has 1 saturated carbocycles. The summed E-state index contributed by atoms with van der Waals surface area (Å²) in [6.07, 6.45) is 3.89. The number of thiazole rings is 1. The van der Waals surface area contributed by atoms with Crippen LogP contribution in [-0.4, -0.2) is 37.8 Å². The summed E-state index contributed by atoms with van der Waals surface area (Å²) in [6.45, 7) is -0.0250. The molecule has 1 aromatic heterocycles. The maximum atomic E-state index is 12.5. The van der Waals surface area contributed by atoms with Gasteiger partial charge in [0.2, 0.25) is 0 Å². The van der Waals surface area contributed by atoms with Gasteiger partial charge in [0, 0.05) is 18.1 Å². The Balaban J connectivity index is 2.14. The van der Waals surface area contributed by atoms with E-state index in [1.165, 1.54) is 18.4 Å². The lowest BCUT2D eigenvalue weighted by molar-refractivity contribution is -0.141. The highest BCUT2D eigenvalue weighted by Gasteiger charge is 2.23. The van der Waals surface area contributed by atoms with Crippen molar-refractivity contribution < 1.29 is 23.8 Å². The molecule has 1 aliphatic rings. The van der Waals surface area contributed by atoms with Crippen LogP contribution in [0.3, 0.4) is 0 Å². The Morgan fingerprint density at radius 3 is 2.42 bits per heavy atom. The highest BCUT2D eigenvalue weighted by atomic mass is 32.1. The molecule has 1 aliphatic carbocycles. The Labute approximate surface area is 155 Å². The summed E-state index contributed by atoms with van der Waals surface area (Å²) in [5, 5.41) is 0. The van der Waals surface area contributed by atoms with E-state index in [0.29, 0.717) is 16.3 Å². The summed E-state index contributed by atoms with van der Waals surface area (Å²) in [5.41, 5.74) is 0.746. The fourth-order valence-electron chi connectivity index (χ4n) is 3.19. The van der Waals surface area contributed by atoms with Gasteiger partial charge in [-0.15, -0.1) is 0 Å². The predicted octanol–water partition coefficient (Wildman–Crippen LogP) is 2.51. The summed E-state index contributed by atoms with van der Waals surface area (Å²) in [6, 6.07) is 3.61. The number of rotatable bonds is 5. The van der Waals surface area contributed by atoms with Crippen LogP contribution in [0.15, 0.2) is 17.1 Å². The summed E-state index contributed by atoms with van der Waals surface area (Å²) < 4.78 is 18.0. The van der Waals surface area contributed by atoms with Crippen LogP contribution < -0.4 is 14.3 Å². The van der Waals surface area contributed by atoms with Crippen molar-refractivity contribution in [1.29, 1.82) is 0 Å². The summed E-state index contributed by atoms with van der Waals surface area (Å²) >= 11 is 1.34. The number of nitrogens with zero attached hydrogens (tertiary/aromatic N) is 2. The van der Waals surface area contributed by atoms with Crippen LogP contribution in [0, 0.1) is 5.92 Å². The number of esters is 1. The molecule has 8 heteroatoms. The van der Waals surface area contributed by atoms with E-state index in [9.17, 15) is 9.59 Å². The van der Waals surface area contributed by atoms with Gasteiger partial charge in [0.05, 0.1) is 31.5 Å². The number of fused-ring (bicyclic) bond motifs is 1. The Hall–Kier alpha value is -2.35. The monoisotopic (exact) mass is 378 g/mol. The first kappa shape index (κ1) is 18.4. The minimum atomic E-state index is -0.408. The van der Waals surface area contributed by atoms with Gasteiger partial charge in [-0.2, -0.15) is 4.99 Å². The van der Waals surface area contributed by atoms with Crippen LogP contribution in [0.4, 0.5) is 0 Å². The molecule has 0 spiro atoms. The van der Waals surface area contributed by atoms with E-state index in [0.717, 1.165) is 35.9 Å². The second-order valence-corrected chi connectivity index (χ2v) is 7.16. The highest BCUT2D eigenvalue weighted by Crippen LogP contribution is 2.33. The zero-order chi connectivity index (χ0) is 18.7. The molecule has 1 amide bonds. The quantitative estimate of drug-likeness (QED) is 0.747. The molecule has 0 unspecified atom stereocenters. The SMILES string of the molecule is COC(=O)Cn1c(=NC(=O)C2CCCC2)sc2cc(OC)c(OC)cc21. The van der Waals surface area contributed by atoms with Crippen molar-refractivity contribution in [3.63, 3.8) is 0 Å². The number of carbonyl (C=O) groups is 2. The standard InChI is InChI=1S/C18H22N2O5S/c1-23-13-8-12-15(9-14(13)24-2)26-18(20(12)10-16(21)25-3)19-17(22)11-6-4-5-7-11/h8-9,11H,4-7,10H2,1-3H3. The second kappa shape index (κ2) is 7.90. The Morgan fingerprint density at radius 1 is 1.15 bits per heavy atom. The van der Waals surface area contributed by atoms with E-state index in [1.807, 2.05) is 6.07 Å². The Bertz CT molecular complexity index is 893. The fraction of sp³-hybridized carbons (Fsp3) is 0.500.